The Kier molecular flexibility index (Phi) is 7.51. The van der Waals surface area contributed by atoms with Crippen LogP contribution in [0.15, 0.2) is 53.4 Å². The van der Waals surface area contributed by atoms with Crippen molar-refractivity contribution in [3.63, 3.8) is 0 Å². The number of nitrogens with zero attached hydrogens (tertiary/aromatic N) is 1. The fraction of sp³-hybridized carbons (Fsp3) is 0.333. The minimum atomic E-state index is -3.18. The largest absolute Gasteiger partial charge is 0.497 e. The molecule has 2 aromatic rings. The lowest BCUT2D eigenvalue weighted by Crippen LogP contribution is -2.02. The fourth-order valence-electron chi connectivity index (χ4n) is 1.93. The number of hydrogen-bond donors (Lipinski definition) is 0. The first kappa shape index (κ1) is 20.3. The third-order valence-corrected chi connectivity index (χ3v) is 4.27. The number of methoxy groups -OCH3 is 1. The van der Waals surface area contributed by atoms with E-state index in [4.69, 9.17) is 12.6 Å². The van der Waals surface area contributed by atoms with Crippen molar-refractivity contribution in [3.8, 4) is 5.75 Å². The van der Waals surface area contributed by atoms with Crippen molar-refractivity contribution in [2.24, 2.45) is 0 Å². The van der Waals surface area contributed by atoms with Crippen molar-refractivity contribution < 1.29 is 13.2 Å². The smallest absolute Gasteiger partial charge is 0.175 e. The highest BCUT2D eigenvalue weighted by molar-refractivity contribution is 7.90. The van der Waals surface area contributed by atoms with E-state index in [2.05, 4.69) is 0 Å². The van der Waals surface area contributed by atoms with Crippen LogP contribution >= 0.6 is 0 Å². The maximum absolute atomic E-state index is 11.4. The topological polar surface area (TPSA) is 46.6 Å². The van der Waals surface area contributed by atoms with Crippen LogP contribution in [0, 0.1) is 0 Å². The molecular formula is C18H24BNO3S. The summed E-state index contributed by atoms with van der Waals surface area (Å²) in [7, 11) is 10.6. The van der Waals surface area contributed by atoms with Crippen molar-refractivity contribution in [3.05, 3.63) is 59.7 Å². The quantitative estimate of drug-likeness (QED) is 0.799. The summed E-state index contributed by atoms with van der Waals surface area (Å²) in [5, 5.41) is 0. The molecule has 128 valence electrons. The molecule has 24 heavy (non-hydrogen) atoms. The molecule has 0 saturated heterocycles. The van der Waals surface area contributed by atoms with Crippen LogP contribution in [-0.2, 0) is 9.84 Å². The van der Waals surface area contributed by atoms with Crippen LogP contribution < -0.4 is 4.74 Å². The van der Waals surface area contributed by atoms with Crippen LogP contribution in [0.2, 0.25) is 0 Å². The van der Waals surface area contributed by atoms with E-state index in [1.165, 1.54) is 6.26 Å². The molecule has 1 unspecified atom stereocenters. The molecule has 0 bridgehead atoms. The summed E-state index contributed by atoms with van der Waals surface area (Å²) >= 11 is 0. The van der Waals surface area contributed by atoms with E-state index in [1.54, 1.807) is 31.4 Å². The molecule has 4 nitrogen and oxygen atoms in total. The van der Waals surface area contributed by atoms with Gasteiger partial charge in [-0.05, 0) is 62.4 Å². The first-order chi connectivity index (χ1) is 11.1. The Morgan fingerprint density at radius 1 is 0.917 bits per heavy atom. The van der Waals surface area contributed by atoms with Gasteiger partial charge in [0.05, 0.1) is 19.9 Å². The predicted molar refractivity (Wildman–Crippen MR) is 99.8 cm³/mol. The Labute approximate surface area is 146 Å². The Balaban J connectivity index is 0.000000648. The fourth-order valence-corrected chi connectivity index (χ4v) is 2.56. The third kappa shape index (κ3) is 6.38. The van der Waals surface area contributed by atoms with Gasteiger partial charge in [-0.25, -0.2) is 8.42 Å². The number of hydrogen-bond acceptors (Lipinski definition) is 4. The molecule has 2 rings (SSSR count). The van der Waals surface area contributed by atoms with Gasteiger partial charge in [0.1, 0.15) is 5.75 Å². The van der Waals surface area contributed by atoms with Crippen LogP contribution in [0.3, 0.4) is 0 Å². The lowest BCUT2D eigenvalue weighted by Gasteiger charge is -2.14. The molecular weight excluding hydrogens is 321 g/mol. The van der Waals surface area contributed by atoms with Gasteiger partial charge in [-0.2, -0.15) is 0 Å². The lowest BCUT2D eigenvalue weighted by atomic mass is 9.76. The second kappa shape index (κ2) is 8.90. The maximum atomic E-state index is 11.4. The molecule has 0 fully saturated rings. The molecule has 0 aliphatic heterocycles. The zero-order chi connectivity index (χ0) is 18.3. The highest BCUT2D eigenvalue weighted by Crippen LogP contribution is 2.24. The summed E-state index contributed by atoms with van der Waals surface area (Å²) in [6.45, 7) is 0. The molecule has 0 aromatic heterocycles. The van der Waals surface area contributed by atoms with Gasteiger partial charge in [0.25, 0.3) is 0 Å². The van der Waals surface area contributed by atoms with Gasteiger partial charge in [0.15, 0.2) is 9.84 Å². The van der Waals surface area contributed by atoms with Gasteiger partial charge in [-0.3, -0.25) is 0 Å². The number of benzene rings is 2. The van der Waals surface area contributed by atoms with Crippen LogP contribution in [0.4, 0.5) is 0 Å². The molecule has 2 aromatic carbocycles. The molecule has 0 spiro atoms. The predicted octanol–water partition coefficient (Wildman–Crippen LogP) is 2.53. The average Bonchev–Trinajstić information content (AvgIpc) is 2.53. The van der Waals surface area contributed by atoms with E-state index in [0.717, 1.165) is 16.9 Å². The summed E-state index contributed by atoms with van der Waals surface area (Å²) in [4.78, 5) is 2.29. The van der Waals surface area contributed by atoms with Crippen molar-refractivity contribution in [2.75, 3.05) is 34.5 Å². The van der Waals surface area contributed by atoms with E-state index in [9.17, 15) is 8.42 Å². The van der Waals surface area contributed by atoms with Crippen molar-refractivity contribution >= 4 is 17.7 Å². The molecule has 0 heterocycles. The summed E-state index contributed by atoms with van der Waals surface area (Å²) in [5.41, 5.74) is 1.81. The first-order valence-electron chi connectivity index (χ1n) is 7.45. The second-order valence-corrected chi connectivity index (χ2v) is 7.95. The van der Waals surface area contributed by atoms with Crippen LogP contribution in [-0.4, -0.2) is 55.7 Å². The second-order valence-electron chi connectivity index (χ2n) is 5.93. The summed E-state index contributed by atoms with van der Waals surface area (Å²) in [6.07, 6.45) is 1.19. The van der Waals surface area contributed by atoms with Crippen LogP contribution in [0.25, 0.3) is 0 Å². The normalized spacial score (nSPS) is 12.2. The van der Waals surface area contributed by atoms with Gasteiger partial charge in [0, 0.05) is 6.26 Å². The van der Waals surface area contributed by atoms with E-state index in [1.807, 2.05) is 50.3 Å². The monoisotopic (exact) mass is 345 g/mol. The summed E-state index contributed by atoms with van der Waals surface area (Å²) in [6, 6.07) is 14.1. The third-order valence-electron chi connectivity index (χ3n) is 3.14. The molecule has 6 heteroatoms. The van der Waals surface area contributed by atoms with Gasteiger partial charge >= 0.3 is 0 Å². The summed E-state index contributed by atoms with van der Waals surface area (Å²) in [5.74, 6) is 0.475. The molecule has 0 aliphatic carbocycles. The summed E-state index contributed by atoms with van der Waals surface area (Å²) < 4.78 is 27.9. The van der Waals surface area contributed by atoms with E-state index >= 15 is 0 Å². The minimum Gasteiger partial charge on any atom is -0.497 e. The van der Waals surface area contributed by atoms with Gasteiger partial charge in [-0.15, -0.1) is 0 Å². The molecule has 0 saturated carbocycles. The van der Waals surface area contributed by atoms with Crippen LogP contribution in [0.1, 0.15) is 16.9 Å². The SMILES string of the molecule is CN(C)C.[B]C(c1ccc(OC)cc1)c1ccc(S(C)(=O)=O)cc1. The standard InChI is InChI=1S/C15H15BO3S.C3H9N/c1-19-13-7-3-11(4-8-13)15(16)12-5-9-14(10-6-12)20(2,17)18;1-4(2)3/h3-10,15H,1-2H3;1-3H3. The lowest BCUT2D eigenvalue weighted by molar-refractivity contribution is 0.414. The van der Waals surface area contributed by atoms with E-state index < -0.39 is 9.84 Å². The van der Waals surface area contributed by atoms with E-state index in [0.29, 0.717) is 4.90 Å². The Morgan fingerprint density at radius 3 is 1.62 bits per heavy atom. The number of rotatable bonds is 4. The van der Waals surface area contributed by atoms with Crippen LogP contribution in [0.5, 0.6) is 5.75 Å². The highest BCUT2D eigenvalue weighted by Gasteiger charge is 2.11. The first-order valence-corrected chi connectivity index (χ1v) is 9.34. The van der Waals surface area contributed by atoms with Crippen molar-refractivity contribution in [1.29, 1.82) is 0 Å². The Morgan fingerprint density at radius 2 is 1.29 bits per heavy atom. The minimum absolute atomic E-state index is 0.295. The van der Waals surface area contributed by atoms with Crippen molar-refractivity contribution in [2.45, 2.75) is 10.7 Å². The average molecular weight is 345 g/mol. The molecule has 0 amide bonds. The Hall–Kier alpha value is -1.79. The molecule has 0 aliphatic rings. The van der Waals surface area contributed by atoms with Gasteiger partial charge < -0.3 is 9.64 Å². The van der Waals surface area contributed by atoms with Crippen molar-refractivity contribution in [1.82, 2.24) is 4.90 Å². The van der Waals surface area contributed by atoms with Gasteiger partial charge in [-0.1, -0.05) is 24.3 Å². The van der Waals surface area contributed by atoms with Gasteiger partial charge in [0.2, 0.25) is 0 Å². The molecule has 1 atom stereocenters. The molecule has 2 radical (unpaired) electrons. The zero-order valence-corrected chi connectivity index (χ0v) is 15.7. The Bertz CT molecular complexity index is 723. The molecule has 0 N–H and O–H groups in total. The van der Waals surface area contributed by atoms with E-state index in [-0.39, 0.29) is 5.82 Å². The highest BCUT2D eigenvalue weighted by atomic mass is 32.2. The zero-order valence-electron chi connectivity index (χ0n) is 14.9. The number of ether oxygens (including phenoxy) is 1. The maximum Gasteiger partial charge on any atom is 0.175 e. The number of sulfone groups is 1.